The molecule has 2 aliphatic rings. The van der Waals surface area contributed by atoms with Crippen LogP contribution in [-0.2, 0) is 9.53 Å². The van der Waals surface area contributed by atoms with Crippen molar-refractivity contribution in [2.45, 2.75) is 97.6 Å². The molecule has 0 spiro atoms. The molecule has 0 bridgehead atoms. The highest BCUT2D eigenvalue weighted by Crippen LogP contribution is 2.43. The molecule has 0 amide bonds. The summed E-state index contributed by atoms with van der Waals surface area (Å²) >= 11 is 0. The molecule has 0 unspecified atom stereocenters. The van der Waals surface area contributed by atoms with Crippen molar-refractivity contribution in [2.24, 2.45) is 17.3 Å². The molecule has 194 valence electrons. The van der Waals surface area contributed by atoms with Crippen molar-refractivity contribution in [2.75, 3.05) is 19.8 Å². The summed E-state index contributed by atoms with van der Waals surface area (Å²) in [7, 11) is 0. The first-order valence-electron chi connectivity index (χ1n) is 13.0. The van der Waals surface area contributed by atoms with Crippen molar-refractivity contribution >= 4 is 5.78 Å². The smallest absolute Gasteiger partial charge is 0.422 e. The first-order chi connectivity index (χ1) is 16.1. The standard InChI is InChI=1S/C19H34O2.C9H9F3O/c1-3-4-5-11-19(16(2)20)12-9-18(10-13-19)15-21-14-17-7-6-8-17;1-7-2-4-8(5-3-7)13-6-9(10,11)12/h17-18H,3-15H2,1-2H3;2-5H,6H2,1H3. The van der Waals surface area contributed by atoms with Crippen LogP contribution in [-0.4, -0.2) is 31.8 Å². The Balaban J connectivity index is 0.000000270. The number of benzene rings is 1. The second-order valence-corrected chi connectivity index (χ2v) is 10.3. The highest BCUT2D eigenvalue weighted by molar-refractivity contribution is 5.82. The minimum atomic E-state index is -4.27. The van der Waals surface area contributed by atoms with Crippen LogP contribution < -0.4 is 4.74 Å². The Morgan fingerprint density at radius 1 is 1.00 bits per heavy atom. The second kappa shape index (κ2) is 14.1. The van der Waals surface area contributed by atoms with E-state index in [9.17, 15) is 18.0 Å². The van der Waals surface area contributed by atoms with Gasteiger partial charge in [0.2, 0.25) is 0 Å². The van der Waals surface area contributed by atoms with Gasteiger partial charge < -0.3 is 9.47 Å². The molecular formula is C28H43F3O3. The summed E-state index contributed by atoms with van der Waals surface area (Å²) < 4.78 is 45.5. The van der Waals surface area contributed by atoms with Crippen LogP contribution in [0.1, 0.15) is 90.0 Å². The number of carbonyl (C=O) groups excluding carboxylic acids is 1. The van der Waals surface area contributed by atoms with Gasteiger partial charge in [0.05, 0.1) is 0 Å². The van der Waals surface area contributed by atoms with Crippen molar-refractivity contribution in [3.8, 4) is 5.75 Å². The predicted octanol–water partition coefficient (Wildman–Crippen LogP) is 8.09. The first-order valence-corrected chi connectivity index (χ1v) is 13.0. The fourth-order valence-corrected chi connectivity index (χ4v) is 4.75. The van der Waals surface area contributed by atoms with Crippen LogP contribution in [0.2, 0.25) is 0 Å². The van der Waals surface area contributed by atoms with E-state index in [1.807, 2.05) is 13.8 Å². The van der Waals surface area contributed by atoms with Gasteiger partial charge in [0.25, 0.3) is 0 Å². The largest absolute Gasteiger partial charge is 0.484 e. The van der Waals surface area contributed by atoms with Gasteiger partial charge in [-0.15, -0.1) is 0 Å². The van der Waals surface area contributed by atoms with Gasteiger partial charge in [-0.3, -0.25) is 4.79 Å². The third kappa shape index (κ3) is 10.4. The van der Waals surface area contributed by atoms with E-state index in [0.29, 0.717) is 11.7 Å². The van der Waals surface area contributed by atoms with Crippen molar-refractivity contribution in [3.63, 3.8) is 0 Å². The molecule has 0 saturated heterocycles. The number of rotatable bonds is 11. The number of aryl methyl sites for hydroxylation is 1. The Labute approximate surface area is 203 Å². The lowest BCUT2D eigenvalue weighted by Gasteiger charge is -2.38. The summed E-state index contributed by atoms with van der Waals surface area (Å²) in [6.07, 6.45) is 9.30. The normalized spacial score (nSPS) is 22.9. The average molecular weight is 485 g/mol. The number of ether oxygens (including phenoxy) is 2. The molecule has 2 fully saturated rings. The lowest BCUT2D eigenvalue weighted by Crippen LogP contribution is -2.35. The van der Waals surface area contributed by atoms with Gasteiger partial charge in [0, 0.05) is 18.6 Å². The highest BCUT2D eigenvalue weighted by atomic mass is 19.4. The number of ketones is 1. The number of halogens is 3. The van der Waals surface area contributed by atoms with E-state index in [1.165, 1.54) is 63.5 Å². The fraction of sp³-hybridized carbons (Fsp3) is 0.750. The zero-order valence-electron chi connectivity index (χ0n) is 21.2. The molecular weight excluding hydrogens is 441 g/mol. The van der Waals surface area contributed by atoms with E-state index in [0.717, 1.165) is 44.0 Å². The second-order valence-electron chi connectivity index (χ2n) is 10.3. The van der Waals surface area contributed by atoms with E-state index in [-0.39, 0.29) is 11.2 Å². The Morgan fingerprint density at radius 3 is 2.06 bits per heavy atom. The van der Waals surface area contributed by atoms with Gasteiger partial charge in [-0.1, -0.05) is 50.3 Å². The van der Waals surface area contributed by atoms with Crippen LogP contribution >= 0.6 is 0 Å². The third-order valence-corrected chi connectivity index (χ3v) is 7.42. The van der Waals surface area contributed by atoms with Gasteiger partial charge in [-0.25, -0.2) is 0 Å². The number of unbranched alkanes of at least 4 members (excludes halogenated alkanes) is 2. The Bertz CT molecular complexity index is 703. The maximum atomic E-state index is 12.1. The molecule has 1 aromatic carbocycles. The van der Waals surface area contributed by atoms with Crippen LogP contribution in [0.4, 0.5) is 13.2 Å². The minimum Gasteiger partial charge on any atom is -0.484 e. The molecule has 3 nitrogen and oxygen atoms in total. The van der Waals surface area contributed by atoms with Crippen molar-refractivity contribution in [1.29, 1.82) is 0 Å². The van der Waals surface area contributed by atoms with E-state index in [2.05, 4.69) is 11.7 Å². The van der Waals surface area contributed by atoms with Crippen LogP contribution in [0.5, 0.6) is 5.75 Å². The number of alkyl halides is 3. The summed E-state index contributed by atoms with van der Waals surface area (Å²) in [6.45, 7) is 6.57. The molecule has 0 N–H and O–H groups in total. The number of carbonyl (C=O) groups is 1. The molecule has 2 saturated carbocycles. The van der Waals surface area contributed by atoms with Crippen molar-refractivity contribution in [3.05, 3.63) is 29.8 Å². The van der Waals surface area contributed by atoms with Gasteiger partial charge in [-0.2, -0.15) is 13.2 Å². The maximum Gasteiger partial charge on any atom is 0.422 e. The molecule has 34 heavy (non-hydrogen) atoms. The summed E-state index contributed by atoms with van der Waals surface area (Å²) in [4.78, 5) is 12.1. The molecule has 0 aliphatic heterocycles. The number of hydrogen-bond acceptors (Lipinski definition) is 3. The molecule has 2 aliphatic carbocycles. The topological polar surface area (TPSA) is 35.5 Å². The fourth-order valence-electron chi connectivity index (χ4n) is 4.75. The monoisotopic (exact) mass is 484 g/mol. The number of hydrogen-bond donors (Lipinski definition) is 0. The highest BCUT2D eigenvalue weighted by Gasteiger charge is 2.38. The van der Waals surface area contributed by atoms with E-state index in [4.69, 9.17) is 4.74 Å². The molecule has 0 radical (unpaired) electrons. The maximum absolute atomic E-state index is 12.1. The Hall–Kier alpha value is -1.56. The molecule has 3 rings (SSSR count). The summed E-state index contributed by atoms with van der Waals surface area (Å²) in [6, 6.07) is 6.43. The summed E-state index contributed by atoms with van der Waals surface area (Å²) in [5, 5.41) is 0. The third-order valence-electron chi connectivity index (χ3n) is 7.42. The average Bonchev–Trinajstić information content (AvgIpc) is 2.76. The SMILES string of the molecule is CCCCCC1(C(C)=O)CCC(COCC2CCC2)CC1.Cc1ccc(OCC(F)(F)F)cc1. The van der Waals surface area contributed by atoms with Gasteiger partial charge in [-0.05, 0) is 82.8 Å². The number of Topliss-reactive ketones (excluding diaryl/α,β-unsaturated/α-hetero) is 1. The zero-order chi connectivity index (χ0) is 25.0. The molecule has 6 heteroatoms. The van der Waals surface area contributed by atoms with Crippen molar-refractivity contribution in [1.82, 2.24) is 0 Å². The van der Waals surface area contributed by atoms with E-state index < -0.39 is 12.8 Å². The van der Waals surface area contributed by atoms with E-state index in [1.54, 1.807) is 12.1 Å². The van der Waals surface area contributed by atoms with Gasteiger partial charge in [0.1, 0.15) is 11.5 Å². The lowest BCUT2D eigenvalue weighted by atomic mass is 9.66. The van der Waals surface area contributed by atoms with Gasteiger partial charge in [0.15, 0.2) is 6.61 Å². The lowest BCUT2D eigenvalue weighted by molar-refractivity contribution is -0.153. The quantitative estimate of drug-likeness (QED) is 0.298. The predicted molar refractivity (Wildman–Crippen MR) is 130 cm³/mol. The van der Waals surface area contributed by atoms with E-state index >= 15 is 0 Å². The van der Waals surface area contributed by atoms with Crippen molar-refractivity contribution < 1.29 is 27.4 Å². The van der Waals surface area contributed by atoms with Crippen LogP contribution in [0, 0.1) is 24.2 Å². The molecule has 0 aromatic heterocycles. The van der Waals surface area contributed by atoms with Crippen LogP contribution in [0.3, 0.4) is 0 Å². The zero-order valence-corrected chi connectivity index (χ0v) is 21.2. The van der Waals surface area contributed by atoms with Crippen LogP contribution in [0.15, 0.2) is 24.3 Å². The van der Waals surface area contributed by atoms with Gasteiger partial charge >= 0.3 is 6.18 Å². The Kier molecular flexibility index (Phi) is 11.9. The minimum absolute atomic E-state index is 0.0135. The molecule has 0 atom stereocenters. The van der Waals surface area contributed by atoms with Crippen LogP contribution in [0.25, 0.3) is 0 Å². The molecule has 1 aromatic rings. The Morgan fingerprint density at radius 2 is 1.59 bits per heavy atom. The summed E-state index contributed by atoms with van der Waals surface area (Å²) in [5.74, 6) is 2.22. The summed E-state index contributed by atoms with van der Waals surface area (Å²) in [5.41, 5.74) is 0.999. The first kappa shape index (κ1) is 28.7. The molecule has 0 heterocycles.